The molecule has 8 heteroatoms. The molecule has 0 saturated heterocycles. The Balaban J connectivity index is 1.77. The van der Waals surface area contributed by atoms with Crippen LogP contribution in [0.5, 0.6) is 17.2 Å². The zero-order chi connectivity index (χ0) is 22.9. The van der Waals surface area contributed by atoms with Crippen LogP contribution in [-0.4, -0.2) is 20.3 Å². The fraction of sp³-hybridized carbons (Fsp3) is 0.125. The number of phenols is 3. The van der Waals surface area contributed by atoms with Crippen molar-refractivity contribution >= 4 is 16.6 Å². The van der Waals surface area contributed by atoms with Gasteiger partial charge >= 0.3 is 6.18 Å². The highest BCUT2D eigenvalue weighted by molar-refractivity contribution is 5.95. The van der Waals surface area contributed by atoms with Crippen LogP contribution >= 0.6 is 0 Å². The number of alkyl halides is 3. The summed E-state index contributed by atoms with van der Waals surface area (Å²) in [6.07, 6.45) is -2.88. The molecule has 3 aromatic carbocycles. The molecular formula is C24H19F3N2O3. The molecule has 0 spiro atoms. The third-order valence-electron chi connectivity index (χ3n) is 5.15. The predicted octanol–water partition coefficient (Wildman–Crippen LogP) is 5.58. The van der Waals surface area contributed by atoms with Crippen molar-refractivity contribution in [3.8, 4) is 17.2 Å². The van der Waals surface area contributed by atoms with Gasteiger partial charge in [-0.05, 0) is 60.2 Å². The monoisotopic (exact) mass is 440 g/mol. The Kier molecular flexibility index (Phi) is 5.52. The summed E-state index contributed by atoms with van der Waals surface area (Å²) in [5, 5.41) is 30.9. The summed E-state index contributed by atoms with van der Waals surface area (Å²) in [4.78, 5) is 6.05. The fourth-order valence-electron chi connectivity index (χ4n) is 3.57. The number of aromatic nitrogens is 1. The summed E-state index contributed by atoms with van der Waals surface area (Å²) in [5.41, 5.74) is 1.35. The van der Waals surface area contributed by atoms with Gasteiger partial charge in [0.05, 0.1) is 5.56 Å². The number of fused-ring (bicyclic) bond motifs is 1. The Morgan fingerprint density at radius 1 is 0.812 bits per heavy atom. The van der Waals surface area contributed by atoms with E-state index in [-0.39, 0.29) is 30.3 Å². The maximum Gasteiger partial charge on any atom is 0.416 e. The molecule has 4 rings (SSSR count). The van der Waals surface area contributed by atoms with Crippen molar-refractivity contribution in [2.45, 2.75) is 19.3 Å². The van der Waals surface area contributed by atoms with Crippen molar-refractivity contribution in [2.24, 2.45) is 0 Å². The number of benzene rings is 3. The Morgan fingerprint density at radius 2 is 1.53 bits per heavy atom. The summed E-state index contributed by atoms with van der Waals surface area (Å²) in [7, 11) is 0. The van der Waals surface area contributed by atoms with Crippen molar-refractivity contribution in [3.05, 3.63) is 89.6 Å². The van der Waals surface area contributed by atoms with Crippen LogP contribution < -0.4 is 4.90 Å². The molecule has 3 N–H and O–H groups in total. The average Bonchev–Trinajstić information content (AvgIpc) is 2.76. The summed E-state index contributed by atoms with van der Waals surface area (Å²) in [6, 6.07) is 15.7. The lowest BCUT2D eigenvalue weighted by Gasteiger charge is -2.27. The second-order valence-electron chi connectivity index (χ2n) is 7.37. The summed E-state index contributed by atoms with van der Waals surface area (Å²) in [6.45, 7) is 0.359. The van der Waals surface area contributed by atoms with Gasteiger partial charge in [-0.1, -0.05) is 12.1 Å². The Labute approximate surface area is 181 Å². The van der Waals surface area contributed by atoms with Crippen molar-refractivity contribution in [2.75, 3.05) is 4.90 Å². The number of halogens is 3. The molecule has 0 amide bonds. The lowest BCUT2D eigenvalue weighted by molar-refractivity contribution is -0.137. The molecule has 32 heavy (non-hydrogen) atoms. The molecule has 0 atom stereocenters. The highest BCUT2D eigenvalue weighted by atomic mass is 19.4. The minimum absolute atomic E-state index is 0.000895. The minimum atomic E-state index is -4.43. The number of phenolic OH excluding ortho intramolecular Hbond substituents is 3. The number of pyridine rings is 1. The van der Waals surface area contributed by atoms with Gasteiger partial charge in [-0.3, -0.25) is 4.98 Å². The van der Waals surface area contributed by atoms with Gasteiger partial charge in [-0.15, -0.1) is 0 Å². The zero-order valence-electron chi connectivity index (χ0n) is 16.7. The molecule has 0 aliphatic heterocycles. The van der Waals surface area contributed by atoms with Gasteiger partial charge in [-0.2, -0.15) is 13.2 Å². The van der Waals surface area contributed by atoms with Crippen LogP contribution in [0.2, 0.25) is 0 Å². The molecule has 0 unspecified atom stereocenters. The van der Waals surface area contributed by atoms with E-state index in [1.54, 1.807) is 24.4 Å². The van der Waals surface area contributed by atoms with E-state index >= 15 is 0 Å². The van der Waals surface area contributed by atoms with Gasteiger partial charge in [-0.25, -0.2) is 0 Å². The first-order valence-corrected chi connectivity index (χ1v) is 9.71. The molecule has 0 aliphatic rings. The van der Waals surface area contributed by atoms with Gasteiger partial charge in [0.25, 0.3) is 0 Å². The van der Waals surface area contributed by atoms with Gasteiger partial charge < -0.3 is 20.2 Å². The molecule has 164 valence electrons. The molecular weight excluding hydrogens is 421 g/mol. The summed E-state index contributed by atoms with van der Waals surface area (Å²) in [5.74, 6) is -0.0510. The third kappa shape index (κ3) is 4.39. The number of aromatic hydroxyl groups is 3. The summed E-state index contributed by atoms with van der Waals surface area (Å²) < 4.78 is 38.8. The zero-order valence-corrected chi connectivity index (χ0v) is 16.7. The first-order valence-electron chi connectivity index (χ1n) is 9.71. The number of hydrogen-bond acceptors (Lipinski definition) is 5. The number of rotatable bonds is 5. The quantitative estimate of drug-likeness (QED) is 0.354. The van der Waals surface area contributed by atoms with Crippen LogP contribution in [0, 0.1) is 0 Å². The average molecular weight is 440 g/mol. The second kappa shape index (κ2) is 8.30. The van der Waals surface area contributed by atoms with Gasteiger partial charge in [0.15, 0.2) is 0 Å². The van der Waals surface area contributed by atoms with Gasteiger partial charge in [0.1, 0.15) is 22.8 Å². The van der Waals surface area contributed by atoms with Gasteiger partial charge in [0, 0.05) is 35.9 Å². The van der Waals surface area contributed by atoms with Crippen LogP contribution in [0.15, 0.2) is 72.9 Å². The van der Waals surface area contributed by atoms with Crippen LogP contribution in [0.4, 0.5) is 18.9 Å². The lowest BCUT2D eigenvalue weighted by atomic mass is 10.1. The van der Waals surface area contributed by atoms with E-state index < -0.39 is 11.7 Å². The van der Waals surface area contributed by atoms with E-state index in [0.29, 0.717) is 27.7 Å². The molecule has 0 saturated carbocycles. The minimum Gasteiger partial charge on any atom is -0.508 e. The van der Waals surface area contributed by atoms with Crippen molar-refractivity contribution in [1.82, 2.24) is 4.98 Å². The molecule has 0 fully saturated rings. The highest BCUT2D eigenvalue weighted by Gasteiger charge is 2.30. The lowest BCUT2D eigenvalue weighted by Crippen LogP contribution is -2.22. The largest absolute Gasteiger partial charge is 0.508 e. The van der Waals surface area contributed by atoms with Crippen LogP contribution in [-0.2, 0) is 19.3 Å². The van der Waals surface area contributed by atoms with E-state index in [1.165, 1.54) is 36.4 Å². The predicted molar refractivity (Wildman–Crippen MR) is 115 cm³/mol. The van der Waals surface area contributed by atoms with Crippen molar-refractivity contribution < 1.29 is 28.5 Å². The van der Waals surface area contributed by atoms with E-state index in [1.807, 2.05) is 4.90 Å². The van der Waals surface area contributed by atoms with Crippen LogP contribution in [0.25, 0.3) is 10.9 Å². The number of nitrogens with zero attached hydrogens (tertiary/aromatic N) is 2. The molecule has 0 bridgehead atoms. The summed E-state index contributed by atoms with van der Waals surface area (Å²) >= 11 is 0. The molecule has 5 nitrogen and oxygen atoms in total. The normalized spacial score (nSPS) is 11.6. The Bertz CT molecular complexity index is 1260. The Morgan fingerprint density at radius 3 is 2.25 bits per heavy atom. The highest BCUT2D eigenvalue weighted by Crippen LogP contribution is 2.35. The maximum atomic E-state index is 12.9. The van der Waals surface area contributed by atoms with Crippen molar-refractivity contribution in [3.63, 3.8) is 0 Å². The number of anilines is 1. The van der Waals surface area contributed by atoms with Crippen LogP contribution in [0.3, 0.4) is 0 Å². The van der Waals surface area contributed by atoms with E-state index in [0.717, 1.165) is 12.1 Å². The Hall–Kier alpha value is -3.94. The van der Waals surface area contributed by atoms with Crippen molar-refractivity contribution in [1.29, 1.82) is 0 Å². The SMILES string of the molecule is Oc1ccc(O)c(CN(Cc2ccc(C(F)(F)F)cc2)c2ccc(O)c3ncccc23)c1. The first-order chi connectivity index (χ1) is 15.2. The van der Waals surface area contributed by atoms with E-state index in [2.05, 4.69) is 4.98 Å². The molecule has 0 aliphatic carbocycles. The number of hydrogen-bond donors (Lipinski definition) is 3. The molecule has 1 heterocycles. The van der Waals surface area contributed by atoms with E-state index in [9.17, 15) is 28.5 Å². The fourth-order valence-corrected chi connectivity index (χ4v) is 3.57. The first kappa shape index (κ1) is 21.3. The standard InChI is InChI=1S/C24H19F3N2O3/c25-24(26,27)17-5-3-15(4-6-17)13-29(14-16-12-18(30)7-9-21(16)31)20-8-10-22(32)23-19(20)2-1-11-28-23/h1-12,30-32H,13-14H2. The smallest absolute Gasteiger partial charge is 0.416 e. The second-order valence-corrected chi connectivity index (χ2v) is 7.37. The maximum absolute atomic E-state index is 12.9. The van der Waals surface area contributed by atoms with Crippen LogP contribution in [0.1, 0.15) is 16.7 Å². The molecule has 1 aromatic heterocycles. The van der Waals surface area contributed by atoms with E-state index in [4.69, 9.17) is 0 Å². The topological polar surface area (TPSA) is 76.8 Å². The molecule has 4 aromatic rings. The molecule has 0 radical (unpaired) electrons. The van der Waals surface area contributed by atoms with Gasteiger partial charge in [0.2, 0.25) is 0 Å². The third-order valence-corrected chi connectivity index (χ3v) is 5.15.